The lowest BCUT2D eigenvalue weighted by Gasteiger charge is -2.38. The van der Waals surface area contributed by atoms with Crippen molar-refractivity contribution in [1.29, 1.82) is 0 Å². The van der Waals surface area contributed by atoms with E-state index in [0.29, 0.717) is 11.5 Å². The number of hydrogen-bond donors (Lipinski definition) is 1. The Morgan fingerprint density at radius 1 is 1.22 bits per heavy atom. The SMILES string of the molecule is Cc1cc(C(=O)N2CCC3(CCNC3)CC2)c(C)n1C1CC1.Cl. The van der Waals surface area contributed by atoms with Gasteiger partial charge in [0.2, 0.25) is 0 Å². The maximum absolute atomic E-state index is 12.9. The maximum Gasteiger partial charge on any atom is 0.255 e. The summed E-state index contributed by atoms with van der Waals surface area (Å²) in [5.74, 6) is 0.251. The molecule has 1 N–H and O–H groups in total. The minimum absolute atomic E-state index is 0. The maximum atomic E-state index is 12.9. The number of aryl methyl sites for hydroxylation is 1. The van der Waals surface area contributed by atoms with Crippen molar-refractivity contribution >= 4 is 18.3 Å². The highest BCUT2D eigenvalue weighted by atomic mass is 35.5. The third-order valence-electron chi connectivity index (χ3n) is 6.07. The van der Waals surface area contributed by atoms with Crippen molar-refractivity contribution < 1.29 is 4.79 Å². The molecule has 5 heteroatoms. The molecule has 0 aromatic carbocycles. The van der Waals surface area contributed by atoms with Crippen LogP contribution in [0, 0.1) is 19.3 Å². The van der Waals surface area contributed by atoms with Gasteiger partial charge in [-0.25, -0.2) is 0 Å². The fraction of sp³-hybridized carbons (Fsp3) is 0.722. The first-order valence-corrected chi connectivity index (χ1v) is 8.78. The smallest absolute Gasteiger partial charge is 0.255 e. The van der Waals surface area contributed by atoms with E-state index in [1.54, 1.807) is 0 Å². The standard InChI is InChI=1S/C18H27N3O.ClH/c1-13-11-16(14(2)21(13)15-3-4-15)17(22)20-9-6-18(7-10-20)5-8-19-12-18;/h11,15,19H,3-10,12H2,1-2H3;1H. The van der Waals surface area contributed by atoms with E-state index in [4.69, 9.17) is 0 Å². The highest BCUT2D eigenvalue weighted by Crippen LogP contribution is 2.40. The summed E-state index contributed by atoms with van der Waals surface area (Å²) in [6.07, 6.45) is 6.14. The van der Waals surface area contributed by atoms with Gasteiger partial charge in [0.15, 0.2) is 0 Å². The van der Waals surface area contributed by atoms with Crippen LogP contribution in [0.4, 0.5) is 0 Å². The van der Waals surface area contributed by atoms with Crippen molar-refractivity contribution in [3.63, 3.8) is 0 Å². The van der Waals surface area contributed by atoms with Gasteiger partial charge in [-0.3, -0.25) is 4.79 Å². The molecular weight excluding hydrogens is 310 g/mol. The summed E-state index contributed by atoms with van der Waals surface area (Å²) < 4.78 is 2.37. The molecule has 3 aliphatic rings. The molecule has 1 aromatic rings. The number of hydrogen-bond acceptors (Lipinski definition) is 2. The molecule has 4 rings (SSSR count). The summed E-state index contributed by atoms with van der Waals surface area (Å²) in [5.41, 5.74) is 3.83. The van der Waals surface area contributed by atoms with Crippen molar-refractivity contribution in [2.24, 2.45) is 5.41 Å². The summed E-state index contributed by atoms with van der Waals surface area (Å²) >= 11 is 0. The number of piperidine rings is 1. The second-order valence-electron chi connectivity index (χ2n) is 7.60. The van der Waals surface area contributed by atoms with Gasteiger partial charge < -0.3 is 14.8 Å². The van der Waals surface area contributed by atoms with Crippen LogP contribution in [0.1, 0.15) is 59.9 Å². The third kappa shape index (κ3) is 2.91. The number of nitrogens with one attached hydrogen (secondary N) is 1. The molecule has 3 fully saturated rings. The Balaban J connectivity index is 0.00000156. The molecule has 0 atom stereocenters. The summed E-state index contributed by atoms with van der Waals surface area (Å²) in [5, 5.41) is 3.49. The molecule has 0 unspecified atom stereocenters. The van der Waals surface area contributed by atoms with Crippen LogP contribution in [0.2, 0.25) is 0 Å². The topological polar surface area (TPSA) is 37.3 Å². The Labute approximate surface area is 145 Å². The molecule has 2 aliphatic heterocycles. The zero-order valence-electron chi connectivity index (χ0n) is 14.2. The number of rotatable bonds is 2. The van der Waals surface area contributed by atoms with Gasteiger partial charge >= 0.3 is 0 Å². The van der Waals surface area contributed by atoms with Gasteiger partial charge in [-0.15, -0.1) is 12.4 Å². The molecule has 1 amide bonds. The van der Waals surface area contributed by atoms with Crippen LogP contribution >= 0.6 is 12.4 Å². The first-order valence-electron chi connectivity index (χ1n) is 8.78. The Morgan fingerprint density at radius 3 is 2.48 bits per heavy atom. The molecule has 3 heterocycles. The molecule has 1 spiro atoms. The van der Waals surface area contributed by atoms with Gasteiger partial charge in [-0.2, -0.15) is 0 Å². The van der Waals surface area contributed by atoms with Crippen LogP contribution in [0.3, 0.4) is 0 Å². The van der Waals surface area contributed by atoms with E-state index in [-0.39, 0.29) is 18.3 Å². The van der Waals surface area contributed by atoms with Gasteiger partial charge in [0.1, 0.15) is 0 Å². The lowest BCUT2D eigenvalue weighted by Crippen LogP contribution is -2.44. The number of carbonyl (C=O) groups is 1. The largest absolute Gasteiger partial charge is 0.345 e. The quantitative estimate of drug-likeness (QED) is 0.900. The van der Waals surface area contributed by atoms with Crippen molar-refractivity contribution in [2.75, 3.05) is 26.2 Å². The number of likely N-dealkylation sites (tertiary alicyclic amines) is 1. The van der Waals surface area contributed by atoms with Gasteiger partial charge in [0.05, 0.1) is 5.56 Å². The van der Waals surface area contributed by atoms with E-state index >= 15 is 0 Å². The number of nitrogens with zero attached hydrogens (tertiary/aromatic N) is 2. The van der Waals surface area contributed by atoms with Crippen molar-refractivity contribution in [3.05, 3.63) is 23.0 Å². The van der Waals surface area contributed by atoms with Crippen LogP contribution in [0.15, 0.2) is 6.07 Å². The first-order chi connectivity index (χ1) is 10.6. The highest BCUT2D eigenvalue weighted by molar-refractivity contribution is 5.95. The van der Waals surface area contributed by atoms with Crippen molar-refractivity contribution in [1.82, 2.24) is 14.8 Å². The number of amides is 1. The van der Waals surface area contributed by atoms with Crippen LogP contribution < -0.4 is 5.32 Å². The second-order valence-corrected chi connectivity index (χ2v) is 7.60. The summed E-state index contributed by atoms with van der Waals surface area (Å²) in [7, 11) is 0. The van der Waals surface area contributed by atoms with Gasteiger partial charge in [0.25, 0.3) is 5.91 Å². The van der Waals surface area contributed by atoms with Crippen LogP contribution in [-0.2, 0) is 0 Å². The van der Waals surface area contributed by atoms with E-state index in [0.717, 1.165) is 44.6 Å². The zero-order valence-corrected chi connectivity index (χ0v) is 15.0. The molecule has 128 valence electrons. The molecule has 0 radical (unpaired) electrons. The molecule has 1 saturated carbocycles. The number of halogens is 1. The minimum Gasteiger partial charge on any atom is -0.345 e. The average molecular weight is 338 g/mol. The number of aromatic nitrogens is 1. The molecular formula is C18H28ClN3O. The number of carbonyl (C=O) groups excluding carboxylic acids is 1. The highest BCUT2D eigenvalue weighted by Gasteiger charge is 2.38. The molecule has 0 bridgehead atoms. The van der Waals surface area contributed by atoms with Gasteiger partial charge in [0, 0.05) is 37.1 Å². The van der Waals surface area contributed by atoms with E-state index < -0.39 is 0 Å². The lowest BCUT2D eigenvalue weighted by atomic mass is 9.78. The molecule has 4 nitrogen and oxygen atoms in total. The Bertz CT molecular complexity index is 590. The van der Waals surface area contributed by atoms with E-state index in [1.807, 2.05) is 0 Å². The van der Waals surface area contributed by atoms with Crippen LogP contribution in [0.25, 0.3) is 0 Å². The van der Waals surface area contributed by atoms with E-state index in [9.17, 15) is 4.79 Å². The second kappa shape index (κ2) is 6.14. The predicted octanol–water partition coefficient (Wildman–Crippen LogP) is 3.08. The fourth-order valence-corrected chi connectivity index (χ4v) is 4.47. The van der Waals surface area contributed by atoms with Gasteiger partial charge in [-0.1, -0.05) is 0 Å². The Morgan fingerprint density at radius 2 is 1.91 bits per heavy atom. The molecule has 23 heavy (non-hydrogen) atoms. The van der Waals surface area contributed by atoms with E-state index in [1.165, 1.54) is 30.7 Å². The Kier molecular flexibility index (Phi) is 4.49. The minimum atomic E-state index is 0. The van der Waals surface area contributed by atoms with E-state index in [2.05, 4.69) is 34.7 Å². The molecule has 2 saturated heterocycles. The monoisotopic (exact) mass is 337 g/mol. The lowest BCUT2D eigenvalue weighted by molar-refractivity contribution is 0.0607. The Hall–Kier alpha value is -1.000. The normalized spacial score (nSPS) is 23.1. The third-order valence-corrected chi connectivity index (χ3v) is 6.07. The predicted molar refractivity (Wildman–Crippen MR) is 94.5 cm³/mol. The van der Waals surface area contributed by atoms with Crippen molar-refractivity contribution in [3.8, 4) is 0 Å². The fourth-order valence-electron chi connectivity index (χ4n) is 4.47. The molecule has 1 aromatic heterocycles. The first kappa shape index (κ1) is 16.8. The zero-order chi connectivity index (χ0) is 15.3. The summed E-state index contributed by atoms with van der Waals surface area (Å²) in [4.78, 5) is 15.0. The summed E-state index contributed by atoms with van der Waals surface area (Å²) in [6.45, 7) is 8.39. The van der Waals surface area contributed by atoms with Crippen LogP contribution in [0.5, 0.6) is 0 Å². The van der Waals surface area contributed by atoms with Gasteiger partial charge in [-0.05, 0) is 64.0 Å². The van der Waals surface area contributed by atoms with Crippen molar-refractivity contribution in [2.45, 2.75) is 52.0 Å². The average Bonchev–Trinajstić information content (AvgIpc) is 3.17. The molecule has 1 aliphatic carbocycles. The van der Waals surface area contributed by atoms with Crippen LogP contribution in [-0.4, -0.2) is 41.6 Å². The summed E-state index contributed by atoms with van der Waals surface area (Å²) in [6, 6.07) is 2.76.